The van der Waals surface area contributed by atoms with Crippen molar-refractivity contribution < 1.29 is 19.1 Å². The second-order valence-corrected chi connectivity index (χ2v) is 7.49. The standard InChI is InChI=1S/C20H29N3O4/c1-14(22-19(25)20(13-21)8-10-26-11-9-20)15-2-6-17(7-3-15)27-12-18(24)23-16-4-5-16/h2-3,6-7,14,16H,4-5,8-13,21H2,1H3,(H,22,25)(H,23,24). The SMILES string of the molecule is CC(NC(=O)C1(CN)CCOCC1)c1ccc(OCC(=O)NC2CC2)cc1. The summed E-state index contributed by atoms with van der Waals surface area (Å²) in [5.74, 6) is 0.523. The Morgan fingerprint density at radius 1 is 1.26 bits per heavy atom. The Balaban J connectivity index is 1.51. The van der Waals surface area contributed by atoms with Crippen LogP contribution in [0.3, 0.4) is 0 Å². The molecule has 0 aromatic heterocycles. The van der Waals surface area contributed by atoms with Crippen LogP contribution in [0.4, 0.5) is 0 Å². The smallest absolute Gasteiger partial charge is 0.258 e. The molecule has 1 saturated heterocycles. The number of nitrogens with one attached hydrogen (secondary N) is 2. The van der Waals surface area contributed by atoms with E-state index < -0.39 is 5.41 Å². The van der Waals surface area contributed by atoms with Crippen molar-refractivity contribution in [2.24, 2.45) is 11.1 Å². The Kier molecular flexibility index (Phi) is 6.34. The van der Waals surface area contributed by atoms with E-state index in [1.165, 1.54) is 0 Å². The first kappa shape index (κ1) is 19.6. The molecule has 1 aromatic carbocycles. The van der Waals surface area contributed by atoms with E-state index >= 15 is 0 Å². The van der Waals surface area contributed by atoms with Gasteiger partial charge in [0.15, 0.2) is 6.61 Å². The third-order valence-corrected chi connectivity index (χ3v) is 5.36. The van der Waals surface area contributed by atoms with Crippen LogP contribution >= 0.6 is 0 Å². The summed E-state index contributed by atoms with van der Waals surface area (Å²) >= 11 is 0. The van der Waals surface area contributed by atoms with Crippen molar-refractivity contribution in [2.45, 2.75) is 44.7 Å². The molecule has 4 N–H and O–H groups in total. The maximum Gasteiger partial charge on any atom is 0.258 e. The summed E-state index contributed by atoms with van der Waals surface area (Å²) in [6.07, 6.45) is 3.42. The van der Waals surface area contributed by atoms with Gasteiger partial charge in [-0.2, -0.15) is 0 Å². The molecule has 1 aromatic rings. The van der Waals surface area contributed by atoms with Crippen LogP contribution in [0.15, 0.2) is 24.3 Å². The number of hydrogen-bond acceptors (Lipinski definition) is 5. The van der Waals surface area contributed by atoms with Crippen LogP contribution in [0, 0.1) is 5.41 Å². The van der Waals surface area contributed by atoms with Crippen LogP contribution in [-0.4, -0.2) is 44.2 Å². The van der Waals surface area contributed by atoms with Gasteiger partial charge in [0.1, 0.15) is 5.75 Å². The monoisotopic (exact) mass is 375 g/mol. The Labute approximate surface area is 160 Å². The molecule has 7 nitrogen and oxygen atoms in total. The van der Waals surface area contributed by atoms with Crippen LogP contribution in [0.5, 0.6) is 5.75 Å². The summed E-state index contributed by atoms with van der Waals surface area (Å²) in [6.45, 7) is 3.42. The van der Waals surface area contributed by atoms with Gasteiger partial charge in [-0.3, -0.25) is 9.59 Å². The summed E-state index contributed by atoms with van der Waals surface area (Å²) in [7, 11) is 0. The van der Waals surface area contributed by atoms with Gasteiger partial charge in [0.2, 0.25) is 5.91 Å². The molecule has 2 aliphatic rings. The van der Waals surface area contributed by atoms with E-state index in [-0.39, 0.29) is 24.5 Å². The van der Waals surface area contributed by atoms with Gasteiger partial charge in [-0.15, -0.1) is 0 Å². The molecule has 2 amide bonds. The number of carbonyl (C=O) groups excluding carboxylic acids is 2. The molecular formula is C20H29N3O4. The summed E-state index contributed by atoms with van der Waals surface area (Å²) in [5, 5.41) is 5.96. The number of nitrogens with two attached hydrogens (primary N) is 1. The van der Waals surface area contributed by atoms with Gasteiger partial charge < -0.3 is 25.8 Å². The van der Waals surface area contributed by atoms with Gasteiger partial charge in [0.25, 0.3) is 5.91 Å². The minimum atomic E-state index is -0.537. The van der Waals surface area contributed by atoms with Gasteiger partial charge in [0, 0.05) is 25.8 Å². The molecule has 0 radical (unpaired) electrons. The highest BCUT2D eigenvalue weighted by Gasteiger charge is 2.39. The Morgan fingerprint density at radius 2 is 1.93 bits per heavy atom. The summed E-state index contributed by atoms with van der Waals surface area (Å²) in [5.41, 5.74) is 6.33. The lowest BCUT2D eigenvalue weighted by molar-refractivity contribution is -0.136. The fourth-order valence-electron chi connectivity index (χ4n) is 3.22. The summed E-state index contributed by atoms with van der Waals surface area (Å²) in [4.78, 5) is 24.4. The molecule has 1 atom stereocenters. The zero-order chi connectivity index (χ0) is 19.3. The van der Waals surface area contributed by atoms with Gasteiger partial charge in [0.05, 0.1) is 11.5 Å². The van der Waals surface area contributed by atoms with Gasteiger partial charge >= 0.3 is 0 Å². The normalized spacial score (nSPS) is 19.8. The first-order valence-electron chi connectivity index (χ1n) is 9.63. The molecular weight excluding hydrogens is 346 g/mol. The predicted octanol–water partition coefficient (Wildman–Crippen LogP) is 1.28. The quantitative estimate of drug-likeness (QED) is 0.635. The van der Waals surface area contributed by atoms with E-state index in [2.05, 4.69) is 10.6 Å². The fourth-order valence-corrected chi connectivity index (χ4v) is 3.22. The minimum absolute atomic E-state index is 0.0159. The molecule has 1 aliphatic heterocycles. The number of carbonyl (C=O) groups is 2. The van der Waals surface area contributed by atoms with E-state index in [9.17, 15) is 9.59 Å². The number of rotatable bonds is 8. The van der Waals surface area contributed by atoms with Crippen molar-refractivity contribution in [2.75, 3.05) is 26.4 Å². The molecule has 1 aliphatic carbocycles. The number of benzene rings is 1. The molecule has 1 heterocycles. The van der Waals surface area contributed by atoms with E-state index in [0.29, 0.717) is 44.4 Å². The maximum atomic E-state index is 12.8. The number of hydrogen-bond donors (Lipinski definition) is 3. The highest BCUT2D eigenvalue weighted by Crippen LogP contribution is 2.30. The van der Waals surface area contributed by atoms with Crippen LogP contribution in [-0.2, 0) is 14.3 Å². The first-order valence-corrected chi connectivity index (χ1v) is 9.63. The highest BCUT2D eigenvalue weighted by atomic mass is 16.5. The predicted molar refractivity (Wildman–Crippen MR) is 101 cm³/mol. The Bertz CT molecular complexity index is 652. The third-order valence-electron chi connectivity index (χ3n) is 5.36. The highest BCUT2D eigenvalue weighted by molar-refractivity contribution is 5.83. The number of amides is 2. The van der Waals surface area contributed by atoms with Crippen molar-refractivity contribution in [3.05, 3.63) is 29.8 Å². The lowest BCUT2D eigenvalue weighted by Gasteiger charge is -2.35. The molecule has 0 spiro atoms. The largest absolute Gasteiger partial charge is 0.484 e. The van der Waals surface area contributed by atoms with E-state index in [4.69, 9.17) is 15.2 Å². The average molecular weight is 375 g/mol. The second-order valence-electron chi connectivity index (χ2n) is 7.49. The molecule has 0 bridgehead atoms. The average Bonchev–Trinajstić information content (AvgIpc) is 3.51. The lowest BCUT2D eigenvalue weighted by Crippen LogP contribution is -2.49. The summed E-state index contributed by atoms with van der Waals surface area (Å²) in [6, 6.07) is 7.62. The molecule has 1 unspecified atom stereocenters. The summed E-state index contributed by atoms with van der Waals surface area (Å²) < 4.78 is 10.9. The molecule has 27 heavy (non-hydrogen) atoms. The molecule has 2 fully saturated rings. The third kappa shape index (κ3) is 5.20. The van der Waals surface area contributed by atoms with Gasteiger partial charge in [-0.1, -0.05) is 12.1 Å². The fraction of sp³-hybridized carbons (Fsp3) is 0.600. The minimum Gasteiger partial charge on any atom is -0.484 e. The molecule has 7 heteroatoms. The van der Waals surface area contributed by atoms with Gasteiger partial charge in [-0.05, 0) is 50.3 Å². The number of ether oxygens (including phenoxy) is 2. The van der Waals surface area contributed by atoms with Crippen molar-refractivity contribution in [1.29, 1.82) is 0 Å². The first-order chi connectivity index (χ1) is 13.0. The van der Waals surface area contributed by atoms with Crippen molar-refractivity contribution in [3.8, 4) is 5.75 Å². The van der Waals surface area contributed by atoms with Crippen LogP contribution in [0.25, 0.3) is 0 Å². The molecule has 3 rings (SSSR count). The second kappa shape index (κ2) is 8.71. The Morgan fingerprint density at radius 3 is 2.52 bits per heavy atom. The topological polar surface area (TPSA) is 103 Å². The van der Waals surface area contributed by atoms with E-state index in [1.54, 1.807) is 0 Å². The maximum absolute atomic E-state index is 12.8. The van der Waals surface area contributed by atoms with E-state index in [1.807, 2.05) is 31.2 Å². The molecule has 148 valence electrons. The zero-order valence-electron chi connectivity index (χ0n) is 15.8. The lowest BCUT2D eigenvalue weighted by atomic mass is 9.79. The van der Waals surface area contributed by atoms with Crippen LogP contribution in [0.1, 0.15) is 44.2 Å². The van der Waals surface area contributed by atoms with Crippen molar-refractivity contribution in [1.82, 2.24) is 10.6 Å². The molecule has 1 saturated carbocycles. The van der Waals surface area contributed by atoms with E-state index in [0.717, 1.165) is 18.4 Å². The van der Waals surface area contributed by atoms with Gasteiger partial charge in [-0.25, -0.2) is 0 Å². The van der Waals surface area contributed by atoms with Crippen molar-refractivity contribution >= 4 is 11.8 Å². The van der Waals surface area contributed by atoms with Crippen LogP contribution in [0.2, 0.25) is 0 Å². The Hall–Kier alpha value is -2.12. The van der Waals surface area contributed by atoms with Crippen molar-refractivity contribution in [3.63, 3.8) is 0 Å². The van der Waals surface area contributed by atoms with Crippen LogP contribution < -0.4 is 21.1 Å². The zero-order valence-corrected chi connectivity index (χ0v) is 15.8.